The van der Waals surface area contributed by atoms with Crippen LogP contribution in [0.1, 0.15) is 97.3 Å². The van der Waals surface area contributed by atoms with Crippen molar-refractivity contribution in [3.05, 3.63) is 0 Å². The number of aliphatic carboxylic acids is 1. The maximum Gasteiger partial charge on any atom is 0.326 e. The molecule has 0 aromatic rings. The summed E-state index contributed by atoms with van der Waals surface area (Å²) in [7, 11) is 0. The second-order valence-corrected chi connectivity index (χ2v) is 18.2. The molecule has 11 amide bonds. The minimum Gasteiger partial charge on any atom is -0.480 e. The molecular weight excluding hydrogens is 1050 g/mol. The summed E-state index contributed by atoms with van der Waals surface area (Å²) in [6, 6.07) is -15.3. The van der Waals surface area contributed by atoms with Crippen LogP contribution in [-0.4, -0.2) is 191 Å². The van der Waals surface area contributed by atoms with Crippen molar-refractivity contribution >= 4 is 82.9 Å². The molecule has 0 heterocycles. The number of aliphatic imine (C=N–C) groups is 2. The molecule has 0 bridgehead atoms. The Morgan fingerprint density at radius 2 is 0.684 bits per heavy atom. The third-order valence-corrected chi connectivity index (χ3v) is 11.3. The average molecular weight is 1130 g/mol. The molecule has 448 valence electrons. The molecule has 0 rings (SSSR count). The first-order chi connectivity index (χ1) is 36.9. The Kier molecular flexibility index (Phi) is 33.9. The normalized spacial score (nSPS) is 15.1. The monoisotopic (exact) mass is 1130 g/mol. The SMILES string of the molecule is CC(O)C(NC(=O)C(CC(N)=O)NC(=O)C(CC(N)=O)NC(=O)C(CCCCN)NC(=O)C(NC(=O)C(CCCCN)NC(=O)C(N)CCCN=C(N)N)C(C)O)C(=O)NC(CC(N)=O)C(=O)NC(CCCN=C(N)N)C(=O)O. The van der Waals surface area contributed by atoms with Crippen LogP contribution >= 0.6 is 0 Å². The number of carboxylic acid groups (broad SMARTS) is 1. The van der Waals surface area contributed by atoms with Gasteiger partial charge in [0, 0.05) is 13.1 Å². The van der Waals surface area contributed by atoms with Gasteiger partial charge in [-0.2, -0.15) is 0 Å². The van der Waals surface area contributed by atoms with Crippen LogP contribution < -0.4 is 99.9 Å². The lowest BCUT2D eigenvalue weighted by Gasteiger charge is -2.28. The van der Waals surface area contributed by atoms with Crippen molar-refractivity contribution in [1.82, 2.24) is 42.5 Å². The third kappa shape index (κ3) is 29.9. The smallest absolute Gasteiger partial charge is 0.326 e. The van der Waals surface area contributed by atoms with Crippen LogP contribution in [0.25, 0.3) is 0 Å². The Morgan fingerprint density at radius 1 is 0.392 bits per heavy atom. The number of carbonyl (C=O) groups is 12. The summed E-state index contributed by atoms with van der Waals surface area (Å²) in [5, 5.41) is 48.9. The van der Waals surface area contributed by atoms with Gasteiger partial charge in [-0.05, 0) is 91.1 Å². The van der Waals surface area contributed by atoms with Gasteiger partial charge in [-0.1, -0.05) is 0 Å². The second-order valence-electron chi connectivity index (χ2n) is 18.2. The van der Waals surface area contributed by atoms with Crippen molar-refractivity contribution in [3.8, 4) is 0 Å². The number of nitrogens with two attached hydrogens (primary N) is 10. The number of nitrogens with zero attached hydrogens (tertiary/aromatic N) is 2. The van der Waals surface area contributed by atoms with Gasteiger partial charge in [0.25, 0.3) is 0 Å². The predicted octanol–water partition coefficient (Wildman–Crippen LogP) is -11.0. The Morgan fingerprint density at radius 3 is 1.03 bits per heavy atom. The molecule has 11 atom stereocenters. The highest BCUT2D eigenvalue weighted by atomic mass is 16.4. The number of guanidine groups is 2. The van der Waals surface area contributed by atoms with Gasteiger partial charge in [0.1, 0.15) is 48.3 Å². The van der Waals surface area contributed by atoms with Gasteiger partial charge in [0.05, 0.1) is 37.5 Å². The zero-order valence-electron chi connectivity index (χ0n) is 44.3. The molecule has 0 aliphatic heterocycles. The lowest BCUT2D eigenvalue weighted by molar-refractivity contribution is -0.143. The summed E-state index contributed by atoms with van der Waals surface area (Å²) in [5.41, 5.74) is 54.5. The highest BCUT2D eigenvalue weighted by Gasteiger charge is 2.38. The van der Waals surface area contributed by atoms with Gasteiger partial charge < -0.3 is 115 Å². The number of nitrogens with one attached hydrogen (secondary N) is 8. The summed E-state index contributed by atoms with van der Waals surface area (Å²) in [4.78, 5) is 165. The van der Waals surface area contributed by atoms with Gasteiger partial charge in [0.2, 0.25) is 65.0 Å². The van der Waals surface area contributed by atoms with Crippen molar-refractivity contribution in [1.29, 1.82) is 0 Å². The van der Waals surface area contributed by atoms with Crippen molar-refractivity contribution in [2.75, 3.05) is 26.2 Å². The van der Waals surface area contributed by atoms with Crippen LogP contribution in [0.2, 0.25) is 0 Å². The highest BCUT2D eigenvalue weighted by molar-refractivity contribution is 6.00. The van der Waals surface area contributed by atoms with Crippen molar-refractivity contribution in [3.63, 3.8) is 0 Å². The average Bonchev–Trinajstić information content (AvgIpc) is 3.34. The van der Waals surface area contributed by atoms with E-state index in [9.17, 15) is 72.9 Å². The first kappa shape index (κ1) is 71.0. The van der Waals surface area contributed by atoms with E-state index in [-0.39, 0.29) is 76.6 Å². The Bertz CT molecular complexity index is 2140. The van der Waals surface area contributed by atoms with Gasteiger partial charge in [-0.3, -0.25) is 62.7 Å². The second kappa shape index (κ2) is 37.7. The number of hydrogen-bond acceptors (Lipinski definition) is 19. The molecule has 79 heavy (non-hydrogen) atoms. The molecule has 0 aliphatic carbocycles. The standard InChI is InChI=1S/C44H82N20O15/c1-20(65)32(63-36(72)24(11-4-6-14-46)57-34(70)22(47)9-7-15-55-43(51)52)40(76)58-23(10-3-5-13-45)35(71)60-26(17-29(48)67)38(74)61-28(19-31(50)69)39(75)64-33(21(2)66)41(77)62-27(18-30(49)68)37(73)59-25(42(78)79)12-8-16-56-44(53)54/h20-28,32-33,65-66H,3-19,45-47H2,1-2H3,(H2,48,67)(H2,49,68)(H2,50,69)(H,57,70)(H,58,76)(H,59,73)(H,60,71)(H,61,74)(H,62,77)(H,63,72)(H,64,75)(H,78,79)(H4,51,52,55)(H4,53,54,56). The number of rotatable bonds is 41. The van der Waals surface area contributed by atoms with Crippen molar-refractivity contribution in [2.45, 2.75) is 164 Å². The van der Waals surface area contributed by atoms with Gasteiger partial charge in [0.15, 0.2) is 11.9 Å². The molecule has 0 aromatic carbocycles. The summed E-state index contributed by atoms with van der Waals surface area (Å²) in [6.07, 6.45) is -5.05. The molecule has 11 unspecified atom stereocenters. The molecule has 35 heteroatoms. The third-order valence-electron chi connectivity index (χ3n) is 11.3. The Labute approximate surface area is 454 Å². The van der Waals surface area contributed by atoms with Gasteiger partial charge in [-0.15, -0.1) is 0 Å². The lowest BCUT2D eigenvalue weighted by atomic mass is 10.0. The number of carbonyl (C=O) groups excluding carboxylic acids is 11. The number of hydrogen-bond donors (Lipinski definition) is 21. The molecule has 0 fully saturated rings. The molecule has 31 N–H and O–H groups in total. The van der Waals surface area contributed by atoms with Gasteiger partial charge in [-0.25, -0.2) is 4.79 Å². The fourth-order valence-corrected chi connectivity index (χ4v) is 7.10. The van der Waals surface area contributed by atoms with Gasteiger partial charge >= 0.3 is 5.97 Å². The number of amides is 11. The molecular formula is C44H82N20O15. The van der Waals surface area contributed by atoms with Crippen LogP contribution in [-0.2, 0) is 57.5 Å². The first-order valence-corrected chi connectivity index (χ1v) is 25.1. The van der Waals surface area contributed by atoms with E-state index in [2.05, 4.69) is 52.5 Å². The topological polar surface area (TPSA) is 647 Å². The number of unbranched alkanes of at least 4 members (excludes halogenated alkanes) is 2. The Hall–Kier alpha value is -8.02. The van der Waals surface area contributed by atoms with E-state index in [1.165, 1.54) is 0 Å². The van der Waals surface area contributed by atoms with E-state index in [1.807, 2.05) is 0 Å². The number of aliphatic hydroxyl groups excluding tert-OH is 2. The van der Waals surface area contributed by atoms with Crippen LogP contribution in [0.5, 0.6) is 0 Å². The van der Waals surface area contributed by atoms with Crippen LogP contribution in [0.4, 0.5) is 0 Å². The van der Waals surface area contributed by atoms with E-state index in [4.69, 9.17) is 57.3 Å². The number of primary amides is 3. The number of carboxylic acids is 1. The largest absolute Gasteiger partial charge is 0.480 e. The van der Waals surface area contributed by atoms with Crippen LogP contribution in [0.15, 0.2) is 9.98 Å². The summed E-state index contributed by atoms with van der Waals surface area (Å²) < 4.78 is 0. The summed E-state index contributed by atoms with van der Waals surface area (Å²) >= 11 is 0. The van der Waals surface area contributed by atoms with E-state index in [1.54, 1.807) is 0 Å². The Balaban J connectivity index is 6.62. The molecule has 0 radical (unpaired) electrons. The molecule has 0 aromatic heterocycles. The zero-order chi connectivity index (χ0) is 60.5. The molecule has 0 saturated heterocycles. The van der Waals surface area contributed by atoms with E-state index in [0.717, 1.165) is 13.8 Å². The molecule has 0 saturated carbocycles. The summed E-state index contributed by atoms with van der Waals surface area (Å²) in [6.45, 7) is 2.66. The van der Waals surface area contributed by atoms with E-state index >= 15 is 0 Å². The van der Waals surface area contributed by atoms with Crippen molar-refractivity contribution in [2.24, 2.45) is 67.3 Å². The molecule has 35 nitrogen and oxygen atoms in total. The molecule has 0 spiro atoms. The lowest BCUT2D eigenvalue weighted by Crippen LogP contribution is -2.62. The van der Waals surface area contributed by atoms with Crippen LogP contribution in [0.3, 0.4) is 0 Å². The first-order valence-electron chi connectivity index (χ1n) is 25.1. The minimum absolute atomic E-state index is 0.0185. The van der Waals surface area contributed by atoms with Crippen molar-refractivity contribution < 1.29 is 72.9 Å². The quantitative estimate of drug-likeness (QED) is 0.0154. The van der Waals surface area contributed by atoms with E-state index in [0.29, 0.717) is 25.7 Å². The number of aliphatic hydroxyl groups is 2. The maximum atomic E-state index is 14.0. The highest BCUT2D eigenvalue weighted by Crippen LogP contribution is 2.10. The minimum atomic E-state index is -2.05. The van der Waals surface area contributed by atoms with Crippen LogP contribution in [0, 0.1) is 0 Å². The van der Waals surface area contributed by atoms with E-state index < -0.39 is 157 Å². The molecule has 0 aliphatic rings. The predicted molar refractivity (Wildman–Crippen MR) is 281 cm³/mol. The zero-order valence-corrected chi connectivity index (χ0v) is 44.3. The fourth-order valence-electron chi connectivity index (χ4n) is 7.10. The maximum absolute atomic E-state index is 14.0. The fraction of sp³-hybridized carbons (Fsp3) is 0.682. The summed E-state index contributed by atoms with van der Waals surface area (Å²) in [5.74, 6) is -14.8.